The molecule has 1 aromatic carbocycles. The average molecular weight is 417 g/mol. The highest BCUT2D eigenvalue weighted by molar-refractivity contribution is 9.10. The second kappa shape index (κ2) is 12.9. The predicted octanol–water partition coefficient (Wildman–Crippen LogP) is 5.57. The van der Waals surface area contributed by atoms with E-state index in [4.69, 9.17) is 9.47 Å². The lowest BCUT2D eigenvalue weighted by atomic mass is 10.2. The molecule has 0 fully saturated rings. The SMILES string of the molecule is CCCCCCCOC(=O)CCCCC(=O)Oc1ccc(F)cc1Br. The van der Waals surface area contributed by atoms with Crippen LogP contribution in [0.15, 0.2) is 22.7 Å². The maximum absolute atomic E-state index is 13.0. The fourth-order valence-corrected chi connectivity index (χ4v) is 2.67. The van der Waals surface area contributed by atoms with E-state index in [-0.39, 0.29) is 18.1 Å². The smallest absolute Gasteiger partial charge is 0.311 e. The van der Waals surface area contributed by atoms with Crippen LogP contribution in [0.25, 0.3) is 0 Å². The van der Waals surface area contributed by atoms with Gasteiger partial charge in [-0.2, -0.15) is 0 Å². The molecule has 4 nitrogen and oxygen atoms in total. The fraction of sp³-hybridized carbons (Fsp3) is 0.579. The van der Waals surface area contributed by atoms with Gasteiger partial charge in [-0.1, -0.05) is 32.6 Å². The van der Waals surface area contributed by atoms with Crippen molar-refractivity contribution in [3.8, 4) is 5.75 Å². The maximum Gasteiger partial charge on any atom is 0.311 e. The molecule has 0 bridgehead atoms. The molecule has 140 valence electrons. The molecular formula is C19H26BrFO4. The number of esters is 2. The van der Waals surface area contributed by atoms with Crippen LogP contribution in [0.4, 0.5) is 4.39 Å². The van der Waals surface area contributed by atoms with Gasteiger partial charge in [0.05, 0.1) is 11.1 Å². The minimum atomic E-state index is -0.407. The third-order valence-corrected chi connectivity index (χ3v) is 4.26. The minimum absolute atomic E-state index is 0.202. The van der Waals surface area contributed by atoms with Gasteiger partial charge < -0.3 is 9.47 Å². The Morgan fingerprint density at radius 2 is 1.68 bits per heavy atom. The van der Waals surface area contributed by atoms with Crippen LogP contribution < -0.4 is 4.74 Å². The minimum Gasteiger partial charge on any atom is -0.466 e. The molecule has 0 aliphatic heterocycles. The largest absolute Gasteiger partial charge is 0.466 e. The van der Waals surface area contributed by atoms with E-state index in [9.17, 15) is 14.0 Å². The van der Waals surface area contributed by atoms with Gasteiger partial charge in [-0.15, -0.1) is 0 Å². The van der Waals surface area contributed by atoms with Crippen molar-refractivity contribution < 1.29 is 23.5 Å². The first-order valence-corrected chi connectivity index (χ1v) is 9.63. The number of benzene rings is 1. The summed E-state index contributed by atoms with van der Waals surface area (Å²) in [6, 6.07) is 3.86. The van der Waals surface area contributed by atoms with Crippen molar-refractivity contribution in [2.75, 3.05) is 6.61 Å². The van der Waals surface area contributed by atoms with Crippen LogP contribution in [0, 0.1) is 5.82 Å². The van der Waals surface area contributed by atoms with Crippen LogP contribution in [0.1, 0.15) is 64.7 Å². The van der Waals surface area contributed by atoms with E-state index in [1.165, 1.54) is 37.5 Å². The van der Waals surface area contributed by atoms with Crippen LogP contribution in [-0.4, -0.2) is 18.5 Å². The molecule has 0 atom stereocenters. The van der Waals surface area contributed by atoms with E-state index in [1.54, 1.807) is 0 Å². The molecule has 0 saturated heterocycles. The topological polar surface area (TPSA) is 52.6 Å². The first-order chi connectivity index (χ1) is 12.0. The van der Waals surface area contributed by atoms with Gasteiger partial charge in [0.1, 0.15) is 11.6 Å². The van der Waals surface area contributed by atoms with Crippen molar-refractivity contribution >= 4 is 27.9 Å². The van der Waals surface area contributed by atoms with Crippen molar-refractivity contribution in [1.29, 1.82) is 0 Å². The van der Waals surface area contributed by atoms with E-state index < -0.39 is 11.8 Å². The molecular weight excluding hydrogens is 391 g/mol. The van der Waals surface area contributed by atoms with Gasteiger partial charge in [0.25, 0.3) is 0 Å². The molecule has 0 radical (unpaired) electrons. The molecule has 0 aromatic heterocycles. The molecule has 0 N–H and O–H groups in total. The standard InChI is InChI=1S/C19H26BrFO4/c1-2-3-4-5-8-13-24-18(22)9-6-7-10-19(23)25-17-12-11-15(21)14-16(17)20/h11-12,14H,2-10,13H2,1H3. The van der Waals surface area contributed by atoms with Gasteiger partial charge in [-0.25, -0.2) is 4.39 Å². The zero-order chi connectivity index (χ0) is 18.5. The van der Waals surface area contributed by atoms with Gasteiger partial charge in [0, 0.05) is 12.8 Å². The van der Waals surface area contributed by atoms with Gasteiger partial charge in [-0.3, -0.25) is 9.59 Å². The Labute approximate surface area is 157 Å². The molecule has 0 aliphatic carbocycles. The molecule has 0 amide bonds. The summed E-state index contributed by atoms with van der Waals surface area (Å²) in [5.74, 6) is -0.744. The van der Waals surface area contributed by atoms with E-state index >= 15 is 0 Å². The summed E-state index contributed by atoms with van der Waals surface area (Å²) in [5.41, 5.74) is 0. The fourth-order valence-electron chi connectivity index (χ4n) is 2.23. The Hall–Kier alpha value is -1.43. The summed E-state index contributed by atoms with van der Waals surface area (Å²) in [6.07, 6.45) is 7.23. The Morgan fingerprint density at radius 3 is 2.36 bits per heavy atom. The summed E-state index contributed by atoms with van der Waals surface area (Å²) in [5, 5.41) is 0. The monoisotopic (exact) mass is 416 g/mol. The van der Waals surface area contributed by atoms with Gasteiger partial charge in [-0.05, 0) is 53.4 Å². The summed E-state index contributed by atoms with van der Waals surface area (Å²) in [7, 11) is 0. The summed E-state index contributed by atoms with van der Waals surface area (Å²) in [6.45, 7) is 2.64. The number of halogens is 2. The third-order valence-electron chi connectivity index (χ3n) is 3.64. The first kappa shape index (κ1) is 21.6. The number of carbonyl (C=O) groups excluding carboxylic acids is 2. The normalized spacial score (nSPS) is 10.5. The second-order valence-corrected chi connectivity index (χ2v) is 6.74. The number of ether oxygens (including phenoxy) is 2. The van der Waals surface area contributed by atoms with Gasteiger partial charge in [0.2, 0.25) is 0 Å². The highest BCUT2D eigenvalue weighted by atomic mass is 79.9. The molecule has 0 spiro atoms. The molecule has 6 heteroatoms. The molecule has 0 unspecified atom stereocenters. The van der Waals surface area contributed by atoms with Crippen molar-refractivity contribution in [2.45, 2.75) is 64.7 Å². The van der Waals surface area contributed by atoms with Crippen molar-refractivity contribution in [3.05, 3.63) is 28.5 Å². The molecule has 0 aliphatic rings. The van der Waals surface area contributed by atoms with Crippen LogP contribution in [0.2, 0.25) is 0 Å². The number of hydrogen-bond donors (Lipinski definition) is 0. The lowest BCUT2D eigenvalue weighted by molar-refractivity contribution is -0.144. The van der Waals surface area contributed by atoms with E-state index in [1.807, 2.05) is 0 Å². The van der Waals surface area contributed by atoms with Crippen molar-refractivity contribution in [2.24, 2.45) is 0 Å². The number of hydrogen-bond acceptors (Lipinski definition) is 4. The molecule has 0 saturated carbocycles. The number of rotatable bonds is 12. The quantitative estimate of drug-likeness (QED) is 0.254. The van der Waals surface area contributed by atoms with E-state index in [0.717, 1.165) is 12.8 Å². The second-order valence-electron chi connectivity index (χ2n) is 5.89. The molecule has 0 heterocycles. The average Bonchev–Trinajstić information content (AvgIpc) is 2.57. The van der Waals surface area contributed by atoms with Crippen LogP contribution in [0.3, 0.4) is 0 Å². The van der Waals surface area contributed by atoms with Gasteiger partial charge in [0.15, 0.2) is 0 Å². The van der Waals surface area contributed by atoms with Crippen LogP contribution >= 0.6 is 15.9 Å². The third kappa shape index (κ3) is 10.2. The summed E-state index contributed by atoms with van der Waals surface area (Å²) < 4.78 is 23.7. The molecule has 1 aromatic rings. The maximum atomic E-state index is 13.0. The number of unbranched alkanes of at least 4 members (excludes halogenated alkanes) is 5. The Kier molecular flexibility index (Phi) is 11.1. The van der Waals surface area contributed by atoms with Crippen LogP contribution in [0.5, 0.6) is 5.75 Å². The lowest BCUT2D eigenvalue weighted by Crippen LogP contribution is -2.09. The Morgan fingerprint density at radius 1 is 1.00 bits per heavy atom. The Balaban J connectivity index is 2.08. The zero-order valence-electron chi connectivity index (χ0n) is 14.7. The highest BCUT2D eigenvalue weighted by Crippen LogP contribution is 2.25. The lowest BCUT2D eigenvalue weighted by Gasteiger charge is -2.07. The summed E-state index contributed by atoms with van der Waals surface area (Å²) >= 11 is 3.14. The van der Waals surface area contributed by atoms with Crippen LogP contribution in [-0.2, 0) is 14.3 Å². The van der Waals surface area contributed by atoms with Gasteiger partial charge >= 0.3 is 11.9 Å². The zero-order valence-corrected chi connectivity index (χ0v) is 16.3. The van der Waals surface area contributed by atoms with Crippen molar-refractivity contribution in [1.82, 2.24) is 0 Å². The highest BCUT2D eigenvalue weighted by Gasteiger charge is 2.10. The van der Waals surface area contributed by atoms with Crippen molar-refractivity contribution in [3.63, 3.8) is 0 Å². The Bertz CT molecular complexity index is 548. The predicted molar refractivity (Wildman–Crippen MR) is 97.9 cm³/mol. The first-order valence-electron chi connectivity index (χ1n) is 8.84. The number of carbonyl (C=O) groups is 2. The van der Waals surface area contributed by atoms with E-state index in [2.05, 4.69) is 22.9 Å². The molecule has 1 rings (SSSR count). The molecule has 25 heavy (non-hydrogen) atoms. The van der Waals surface area contributed by atoms with E-state index in [0.29, 0.717) is 30.3 Å². The summed E-state index contributed by atoms with van der Waals surface area (Å²) in [4.78, 5) is 23.3.